The monoisotopic (exact) mass is 304 g/mol. The van der Waals surface area contributed by atoms with Crippen molar-refractivity contribution in [2.24, 2.45) is 0 Å². The molecule has 2 aromatic carbocycles. The minimum atomic E-state index is -0.277. The molecule has 4 nitrogen and oxygen atoms in total. The Morgan fingerprint density at radius 3 is 2.61 bits per heavy atom. The van der Waals surface area contributed by atoms with E-state index >= 15 is 0 Å². The number of aromatic nitrogens is 2. The van der Waals surface area contributed by atoms with Crippen molar-refractivity contribution in [1.82, 2.24) is 10.1 Å². The summed E-state index contributed by atoms with van der Waals surface area (Å²) in [6, 6.07) is 15.7. The lowest BCUT2D eigenvalue weighted by Gasteiger charge is -2.27. The first-order valence-corrected chi connectivity index (χ1v) is 7.53. The third kappa shape index (κ3) is 2.63. The molecule has 4 heteroatoms. The van der Waals surface area contributed by atoms with Gasteiger partial charge in [0.2, 0.25) is 5.82 Å². The third-order valence-corrected chi connectivity index (χ3v) is 3.75. The van der Waals surface area contributed by atoms with E-state index in [4.69, 9.17) is 9.26 Å². The van der Waals surface area contributed by atoms with Gasteiger partial charge in [0.1, 0.15) is 11.4 Å². The molecule has 2 heterocycles. The van der Waals surface area contributed by atoms with Crippen molar-refractivity contribution in [2.75, 3.05) is 0 Å². The largest absolute Gasteiger partial charge is 0.483 e. The summed E-state index contributed by atoms with van der Waals surface area (Å²) in [4.78, 5) is 4.49. The predicted molar refractivity (Wildman–Crippen MR) is 88.9 cm³/mol. The van der Waals surface area contributed by atoms with Crippen molar-refractivity contribution in [3.63, 3.8) is 0 Å². The van der Waals surface area contributed by atoms with Crippen LogP contribution in [0.5, 0.6) is 5.75 Å². The molecule has 0 atom stereocenters. The van der Waals surface area contributed by atoms with Gasteiger partial charge in [-0.25, -0.2) is 0 Å². The number of hydrogen-bond donors (Lipinski definition) is 0. The number of hydrogen-bond acceptors (Lipinski definition) is 4. The lowest BCUT2D eigenvalue weighted by molar-refractivity contribution is 0.159. The summed E-state index contributed by atoms with van der Waals surface area (Å²) in [7, 11) is 0. The highest BCUT2D eigenvalue weighted by Gasteiger charge is 2.22. The number of nitrogens with zero attached hydrogens (tertiary/aromatic N) is 2. The molecule has 3 aromatic rings. The zero-order chi connectivity index (χ0) is 15.9. The maximum atomic E-state index is 5.93. The zero-order valence-corrected chi connectivity index (χ0v) is 13.0. The van der Waals surface area contributed by atoms with Gasteiger partial charge in [0.25, 0.3) is 5.89 Å². The summed E-state index contributed by atoms with van der Waals surface area (Å²) in [5.41, 5.74) is 2.56. The zero-order valence-electron chi connectivity index (χ0n) is 13.0. The highest BCUT2D eigenvalue weighted by atomic mass is 16.5. The van der Waals surface area contributed by atoms with Gasteiger partial charge in [0.05, 0.1) is 0 Å². The molecular weight excluding hydrogens is 288 g/mol. The van der Waals surface area contributed by atoms with Crippen LogP contribution in [-0.4, -0.2) is 15.7 Å². The predicted octanol–water partition coefficient (Wildman–Crippen LogP) is 4.59. The fourth-order valence-corrected chi connectivity index (χ4v) is 2.56. The maximum absolute atomic E-state index is 5.93. The fraction of sp³-hybridized carbons (Fsp3) is 0.158. The van der Waals surface area contributed by atoms with Crippen molar-refractivity contribution in [3.05, 3.63) is 60.2 Å². The van der Waals surface area contributed by atoms with Crippen molar-refractivity contribution in [1.29, 1.82) is 0 Å². The number of benzene rings is 2. The van der Waals surface area contributed by atoms with E-state index in [2.05, 4.69) is 16.2 Å². The van der Waals surface area contributed by atoms with E-state index < -0.39 is 0 Å². The fourth-order valence-electron chi connectivity index (χ4n) is 2.56. The SMILES string of the molecule is CC1(C)C=Cc2cc(-c3noc(-c4ccccc4)n3)ccc2O1. The topological polar surface area (TPSA) is 48.2 Å². The number of ether oxygens (including phenoxy) is 1. The van der Waals surface area contributed by atoms with E-state index in [-0.39, 0.29) is 5.60 Å². The van der Waals surface area contributed by atoms with Crippen LogP contribution in [0.2, 0.25) is 0 Å². The molecule has 0 saturated heterocycles. The van der Waals surface area contributed by atoms with E-state index in [0.29, 0.717) is 11.7 Å². The summed E-state index contributed by atoms with van der Waals surface area (Å²) in [5, 5.41) is 4.09. The highest BCUT2D eigenvalue weighted by molar-refractivity contribution is 5.69. The number of fused-ring (bicyclic) bond motifs is 1. The molecule has 0 N–H and O–H groups in total. The van der Waals surface area contributed by atoms with Gasteiger partial charge in [0.15, 0.2) is 0 Å². The third-order valence-electron chi connectivity index (χ3n) is 3.75. The molecule has 1 aromatic heterocycles. The van der Waals surface area contributed by atoms with Gasteiger partial charge in [-0.1, -0.05) is 29.4 Å². The average Bonchev–Trinajstić information content (AvgIpc) is 3.04. The van der Waals surface area contributed by atoms with Crippen LogP contribution < -0.4 is 4.74 Å². The smallest absolute Gasteiger partial charge is 0.258 e. The van der Waals surface area contributed by atoms with Gasteiger partial charge >= 0.3 is 0 Å². The van der Waals surface area contributed by atoms with Gasteiger partial charge in [-0.05, 0) is 50.3 Å². The van der Waals surface area contributed by atoms with Crippen molar-refractivity contribution < 1.29 is 9.26 Å². The van der Waals surface area contributed by atoms with Crippen molar-refractivity contribution >= 4 is 6.08 Å². The van der Waals surface area contributed by atoms with Gasteiger partial charge in [0, 0.05) is 16.7 Å². The molecule has 23 heavy (non-hydrogen) atoms. The van der Waals surface area contributed by atoms with Gasteiger partial charge in [-0.2, -0.15) is 4.98 Å². The molecule has 0 saturated carbocycles. The first kappa shape index (κ1) is 13.8. The molecule has 114 valence electrons. The van der Waals surface area contributed by atoms with E-state index in [0.717, 1.165) is 22.4 Å². The Labute approximate surface area is 134 Å². The Morgan fingerprint density at radius 1 is 0.957 bits per heavy atom. The van der Waals surface area contributed by atoms with Crippen LogP contribution in [0.4, 0.5) is 0 Å². The van der Waals surface area contributed by atoms with Crippen LogP contribution in [-0.2, 0) is 0 Å². The van der Waals surface area contributed by atoms with Gasteiger partial charge in [-0.3, -0.25) is 0 Å². The number of rotatable bonds is 2. The minimum absolute atomic E-state index is 0.277. The van der Waals surface area contributed by atoms with Crippen LogP contribution in [0.1, 0.15) is 19.4 Å². The second-order valence-electron chi connectivity index (χ2n) is 6.08. The van der Waals surface area contributed by atoms with Crippen molar-refractivity contribution in [3.8, 4) is 28.6 Å². The van der Waals surface area contributed by atoms with Crippen LogP contribution >= 0.6 is 0 Å². The van der Waals surface area contributed by atoms with E-state index in [1.165, 1.54) is 0 Å². The first-order chi connectivity index (χ1) is 11.1. The highest BCUT2D eigenvalue weighted by Crippen LogP contribution is 2.33. The van der Waals surface area contributed by atoms with Crippen LogP contribution in [0, 0.1) is 0 Å². The van der Waals surface area contributed by atoms with E-state index in [1.54, 1.807) is 0 Å². The normalized spacial score (nSPS) is 15.0. The summed E-state index contributed by atoms with van der Waals surface area (Å²) in [6.07, 6.45) is 4.12. The molecule has 0 unspecified atom stereocenters. The Morgan fingerprint density at radius 2 is 1.78 bits per heavy atom. The molecule has 0 aliphatic carbocycles. The Balaban J connectivity index is 1.69. The standard InChI is InChI=1S/C19H16N2O2/c1-19(2)11-10-14-12-15(8-9-16(14)22-19)17-20-18(23-21-17)13-6-4-3-5-7-13/h3-12H,1-2H3. The lowest BCUT2D eigenvalue weighted by atomic mass is 10.0. The Bertz CT molecular complexity index is 879. The lowest BCUT2D eigenvalue weighted by Crippen LogP contribution is -2.27. The Kier molecular flexibility index (Phi) is 3.05. The quantitative estimate of drug-likeness (QED) is 0.695. The minimum Gasteiger partial charge on any atom is -0.483 e. The molecule has 0 amide bonds. The average molecular weight is 304 g/mol. The summed E-state index contributed by atoms with van der Waals surface area (Å²) < 4.78 is 11.3. The molecular formula is C19H16N2O2. The van der Waals surface area contributed by atoms with E-state index in [1.807, 2.05) is 68.5 Å². The second-order valence-corrected chi connectivity index (χ2v) is 6.08. The van der Waals surface area contributed by atoms with Crippen LogP contribution in [0.25, 0.3) is 28.9 Å². The molecule has 4 rings (SSSR count). The molecule has 1 aliphatic rings. The molecule has 0 spiro atoms. The van der Waals surface area contributed by atoms with Crippen LogP contribution in [0.15, 0.2) is 59.1 Å². The summed E-state index contributed by atoms with van der Waals surface area (Å²) >= 11 is 0. The van der Waals surface area contributed by atoms with Gasteiger partial charge in [-0.15, -0.1) is 0 Å². The maximum Gasteiger partial charge on any atom is 0.258 e. The van der Waals surface area contributed by atoms with Crippen LogP contribution in [0.3, 0.4) is 0 Å². The molecule has 0 bridgehead atoms. The molecule has 1 aliphatic heterocycles. The summed E-state index contributed by atoms with van der Waals surface area (Å²) in [6.45, 7) is 4.07. The molecule has 0 fully saturated rings. The van der Waals surface area contributed by atoms with E-state index in [9.17, 15) is 0 Å². The van der Waals surface area contributed by atoms with Gasteiger partial charge < -0.3 is 9.26 Å². The van der Waals surface area contributed by atoms with Crippen molar-refractivity contribution in [2.45, 2.75) is 19.4 Å². The summed E-state index contributed by atoms with van der Waals surface area (Å²) in [5.74, 6) is 1.96. The first-order valence-electron chi connectivity index (χ1n) is 7.53. The molecule has 0 radical (unpaired) electrons. The second kappa shape index (κ2) is 5.09. The Hall–Kier alpha value is -2.88.